The Morgan fingerprint density at radius 2 is 1.85 bits per heavy atom. The van der Waals surface area contributed by atoms with E-state index in [4.69, 9.17) is 4.74 Å². The Morgan fingerprint density at radius 1 is 1.09 bits per heavy atom. The zero-order valence-electron chi connectivity index (χ0n) is 19.2. The maximum Gasteiger partial charge on any atom is 0.339 e. The van der Waals surface area contributed by atoms with Gasteiger partial charge in [-0.05, 0) is 75.6 Å². The van der Waals surface area contributed by atoms with E-state index in [1.54, 1.807) is 50.1 Å². The summed E-state index contributed by atoms with van der Waals surface area (Å²) < 4.78 is 18.1. The number of halogens is 1. The second kappa shape index (κ2) is 11.4. The molecule has 0 saturated heterocycles. The number of hydrogen-bond acceptors (Lipinski definition) is 5. The summed E-state index contributed by atoms with van der Waals surface area (Å²) in [5.74, 6) is -0.875. The van der Waals surface area contributed by atoms with Crippen LogP contribution in [0.25, 0.3) is 11.3 Å². The van der Waals surface area contributed by atoms with Gasteiger partial charge in [-0.15, -0.1) is 0 Å². The van der Waals surface area contributed by atoms with Gasteiger partial charge in [-0.1, -0.05) is 6.42 Å². The first-order chi connectivity index (χ1) is 15.9. The van der Waals surface area contributed by atoms with Gasteiger partial charge in [-0.2, -0.15) is 5.10 Å². The van der Waals surface area contributed by atoms with Crippen molar-refractivity contribution in [1.82, 2.24) is 20.1 Å². The van der Waals surface area contributed by atoms with E-state index in [0.717, 1.165) is 42.6 Å². The number of pyridine rings is 1. The Bertz CT molecular complexity index is 1100. The summed E-state index contributed by atoms with van der Waals surface area (Å²) in [7, 11) is 1.75. The number of aryl methyl sites for hydroxylation is 2. The lowest BCUT2D eigenvalue weighted by Gasteiger charge is -2.17. The Hall–Kier alpha value is -3.55. The zero-order valence-corrected chi connectivity index (χ0v) is 19.2. The lowest BCUT2D eigenvalue weighted by molar-refractivity contribution is 0.0524. The third-order valence-electron chi connectivity index (χ3n) is 5.36. The number of esters is 1. The number of ether oxygens (including phenoxy) is 1. The van der Waals surface area contributed by atoms with Crippen molar-refractivity contribution in [2.24, 2.45) is 0 Å². The molecule has 7 nitrogen and oxygen atoms in total. The van der Waals surface area contributed by atoms with Gasteiger partial charge < -0.3 is 9.64 Å². The molecule has 1 aromatic carbocycles. The van der Waals surface area contributed by atoms with E-state index in [-0.39, 0.29) is 18.3 Å². The van der Waals surface area contributed by atoms with Crippen molar-refractivity contribution in [3.8, 4) is 11.3 Å². The lowest BCUT2D eigenvalue weighted by atomic mass is 10.1. The maximum atomic E-state index is 13.1. The fourth-order valence-corrected chi connectivity index (χ4v) is 3.50. The monoisotopic (exact) mass is 452 g/mol. The highest BCUT2D eigenvalue weighted by atomic mass is 19.1. The number of carbonyl (C=O) groups excluding carboxylic acids is 2. The molecule has 1 N–H and O–H groups in total. The van der Waals surface area contributed by atoms with Crippen LogP contribution in [0.15, 0.2) is 42.5 Å². The quantitative estimate of drug-likeness (QED) is 0.359. The minimum Gasteiger partial charge on any atom is -0.462 e. The predicted octanol–water partition coefficient (Wildman–Crippen LogP) is 4.58. The van der Waals surface area contributed by atoms with Gasteiger partial charge in [0.2, 0.25) is 0 Å². The number of aromatic nitrogens is 3. The minimum atomic E-state index is -0.433. The van der Waals surface area contributed by atoms with E-state index in [0.29, 0.717) is 23.5 Å². The Labute approximate surface area is 193 Å². The van der Waals surface area contributed by atoms with Crippen LogP contribution in [-0.2, 0) is 11.2 Å². The molecule has 3 aromatic rings. The summed E-state index contributed by atoms with van der Waals surface area (Å²) in [5, 5.41) is 7.33. The molecular weight excluding hydrogens is 423 g/mol. The zero-order chi connectivity index (χ0) is 23.8. The Balaban J connectivity index is 1.43. The molecule has 0 aliphatic heterocycles. The maximum absolute atomic E-state index is 13.1. The topological polar surface area (TPSA) is 88.2 Å². The first-order valence-electron chi connectivity index (χ1n) is 11.1. The second-order valence-corrected chi connectivity index (χ2v) is 7.87. The third-order valence-corrected chi connectivity index (χ3v) is 5.36. The van der Waals surface area contributed by atoms with Crippen molar-refractivity contribution in [3.05, 3.63) is 70.9 Å². The van der Waals surface area contributed by atoms with Crippen LogP contribution >= 0.6 is 0 Å². The van der Waals surface area contributed by atoms with Crippen LogP contribution in [0.3, 0.4) is 0 Å². The summed E-state index contributed by atoms with van der Waals surface area (Å²) in [6, 6.07) is 11.4. The van der Waals surface area contributed by atoms with Gasteiger partial charge in [-0.25, -0.2) is 14.2 Å². The fourth-order valence-electron chi connectivity index (χ4n) is 3.50. The van der Waals surface area contributed by atoms with Crippen LogP contribution in [0.1, 0.15) is 58.4 Å². The molecule has 3 rings (SSSR count). The van der Waals surface area contributed by atoms with Gasteiger partial charge in [0.25, 0.3) is 5.91 Å². The number of unbranched alkanes of at least 4 members (excludes halogenated alkanes) is 2. The average Bonchev–Trinajstić information content (AvgIpc) is 3.27. The number of amides is 1. The van der Waals surface area contributed by atoms with Gasteiger partial charge in [0.05, 0.1) is 23.6 Å². The number of nitrogens with one attached hydrogen (secondary N) is 1. The van der Waals surface area contributed by atoms with E-state index in [1.165, 1.54) is 12.1 Å². The van der Waals surface area contributed by atoms with Crippen molar-refractivity contribution < 1.29 is 18.7 Å². The van der Waals surface area contributed by atoms with Gasteiger partial charge in [-0.3, -0.25) is 9.89 Å². The number of rotatable bonds is 10. The van der Waals surface area contributed by atoms with Gasteiger partial charge in [0.1, 0.15) is 11.5 Å². The van der Waals surface area contributed by atoms with Crippen LogP contribution in [0.4, 0.5) is 4.39 Å². The number of hydrogen-bond donors (Lipinski definition) is 1. The van der Waals surface area contributed by atoms with Crippen molar-refractivity contribution in [2.45, 2.75) is 39.5 Å². The van der Waals surface area contributed by atoms with Crippen LogP contribution in [0, 0.1) is 12.7 Å². The second-order valence-electron chi connectivity index (χ2n) is 7.87. The summed E-state index contributed by atoms with van der Waals surface area (Å²) in [6.45, 7) is 4.34. The highest BCUT2D eigenvalue weighted by Crippen LogP contribution is 2.19. The minimum absolute atomic E-state index is 0.175. The van der Waals surface area contributed by atoms with Crippen LogP contribution in [-0.4, -0.2) is 52.2 Å². The molecule has 0 saturated carbocycles. The van der Waals surface area contributed by atoms with Crippen LogP contribution < -0.4 is 0 Å². The molecule has 174 valence electrons. The fraction of sp³-hybridized carbons (Fsp3) is 0.360. The highest BCUT2D eigenvalue weighted by Gasteiger charge is 2.17. The normalized spacial score (nSPS) is 10.8. The first kappa shape index (κ1) is 24.1. The smallest absolute Gasteiger partial charge is 0.339 e. The summed E-state index contributed by atoms with van der Waals surface area (Å²) >= 11 is 0. The van der Waals surface area contributed by atoms with Crippen LogP contribution in [0.2, 0.25) is 0 Å². The molecule has 0 spiro atoms. The molecule has 0 radical (unpaired) electrons. The molecule has 0 atom stereocenters. The number of benzene rings is 1. The van der Waals surface area contributed by atoms with Crippen LogP contribution in [0.5, 0.6) is 0 Å². The van der Waals surface area contributed by atoms with Crippen molar-refractivity contribution in [3.63, 3.8) is 0 Å². The molecule has 1 amide bonds. The number of carbonyl (C=O) groups is 2. The average molecular weight is 453 g/mol. The van der Waals surface area contributed by atoms with E-state index in [2.05, 4.69) is 15.2 Å². The van der Waals surface area contributed by atoms with E-state index < -0.39 is 5.97 Å². The lowest BCUT2D eigenvalue weighted by Crippen LogP contribution is -2.29. The Morgan fingerprint density at radius 3 is 2.55 bits per heavy atom. The van der Waals surface area contributed by atoms with Gasteiger partial charge in [0.15, 0.2) is 0 Å². The van der Waals surface area contributed by atoms with Gasteiger partial charge >= 0.3 is 5.97 Å². The predicted molar refractivity (Wildman–Crippen MR) is 123 cm³/mol. The van der Waals surface area contributed by atoms with Crippen molar-refractivity contribution in [2.75, 3.05) is 20.2 Å². The SMILES string of the molecule is CCOC(=O)c1ccc(C(=O)N(C)CCCCCc2cc(-c3ccc(F)cc3)n[nH]2)nc1C. The summed E-state index contributed by atoms with van der Waals surface area (Å²) in [6.07, 6.45) is 3.62. The molecule has 8 heteroatoms. The summed E-state index contributed by atoms with van der Waals surface area (Å²) in [4.78, 5) is 30.5. The van der Waals surface area contributed by atoms with Crippen molar-refractivity contribution >= 4 is 11.9 Å². The molecule has 2 heterocycles. The third kappa shape index (κ3) is 6.47. The number of nitrogens with zero attached hydrogens (tertiary/aromatic N) is 3. The Kier molecular flexibility index (Phi) is 8.29. The molecule has 0 fully saturated rings. The number of H-pyrrole nitrogens is 1. The standard InChI is InChI=1S/C25H29FN4O3/c1-4-33-25(32)21-13-14-22(27-17(21)2)24(31)30(3)15-7-5-6-8-20-16-23(29-28-20)18-9-11-19(26)12-10-18/h9-14,16H,4-8,15H2,1-3H3,(H,28,29). The van der Waals surface area contributed by atoms with E-state index in [9.17, 15) is 14.0 Å². The van der Waals surface area contributed by atoms with Crippen molar-refractivity contribution in [1.29, 1.82) is 0 Å². The molecule has 2 aromatic heterocycles. The van der Waals surface area contributed by atoms with E-state index in [1.807, 2.05) is 6.07 Å². The summed E-state index contributed by atoms with van der Waals surface area (Å²) in [5.41, 5.74) is 3.86. The number of aromatic amines is 1. The van der Waals surface area contributed by atoms with E-state index >= 15 is 0 Å². The molecule has 0 unspecified atom stereocenters. The molecule has 0 bridgehead atoms. The molecular formula is C25H29FN4O3. The molecule has 0 aliphatic rings. The molecule has 33 heavy (non-hydrogen) atoms. The van der Waals surface area contributed by atoms with Gasteiger partial charge in [0, 0.05) is 24.8 Å². The first-order valence-corrected chi connectivity index (χ1v) is 11.1. The molecule has 0 aliphatic carbocycles. The largest absolute Gasteiger partial charge is 0.462 e. The highest BCUT2D eigenvalue weighted by molar-refractivity contribution is 5.94.